The van der Waals surface area contributed by atoms with Crippen LogP contribution >= 0.6 is 11.8 Å². The number of thioether (sulfide) groups is 1. The number of hydrogen-bond donors (Lipinski definition) is 1. The van der Waals surface area contributed by atoms with Gasteiger partial charge in [0.25, 0.3) is 5.91 Å². The standard InChI is InChI=1S/C19H19FN4O4S/c1-2-24-18(15-4-3-9-27-15)22-23-19(24)29-12-17(26)28-11-16(25)21-10-13-5-7-14(20)8-6-13/h3-9H,2,10-12H2,1H3,(H,21,25). The third-order valence-corrected chi connectivity index (χ3v) is 4.80. The molecule has 0 saturated carbocycles. The minimum Gasteiger partial charge on any atom is -0.461 e. The Morgan fingerprint density at radius 1 is 1.24 bits per heavy atom. The summed E-state index contributed by atoms with van der Waals surface area (Å²) in [5.41, 5.74) is 0.743. The van der Waals surface area contributed by atoms with Gasteiger partial charge in [-0.15, -0.1) is 10.2 Å². The summed E-state index contributed by atoms with van der Waals surface area (Å²) in [6.07, 6.45) is 1.55. The lowest BCUT2D eigenvalue weighted by Crippen LogP contribution is -2.28. The van der Waals surface area contributed by atoms with E-state index in [1.807, 2.05) is 11.5 Å². The number of esters is 1. The molecule has 0 fully saturated rings. The summed E-state index contributed by atoms with van der Waals surface area (Å²) in [7, 11) is 0. The van der Waals surface area contributed by atoms with Gasteiger partial charge in [0.05, 0.1) is 12.0 Å². The lowest BCUT2D eigenvalue weighted by molar-refractivity contribution is -0.145. The highest BCUT2D eigenvalue weighted by molar-refractivity contribution is 7.99. The fourth-order valence-corrected chi connectivity index (χ4v) is 3.23. The Labute approximate surface area is 170 Å². The number of amides is 1. The van der Waals surface area contributed by atoms with Crippen molar-refractivity contribution in [2.24, 2.45) is 0 Å². The first-order valence-corrected chi connectivity index (χ1v) is 9.82. The van der Waals surface area contributed by atoms with Crippen molar-refractivity contribution in [1.29, 1.82) is 0 Å². The Bertz CT molecular complexity index is 957. The molecule has 152 valence electrons. The molecule has 0 unspecified atom stereocenters. The van der Waals surface area contributed by atoms with Crippen LogP contribution in [0.25, 0.3) is 11.6 Å². The van der Waals surface area contributed by atoms with Crippen molar-refractivity contribution in [3.63, 3.8) is 0 Å². The van der Waals surface area contributed by atoms with Crippen LogP contribution in [0.5, 0.6) is 0 Å². The minimum atomic E-state index is -0.544. The maximum absolute atomic E-state index is 12.8. The summed E-state index contributed by atoms with van der Waals surface area (Å²) in [4.78, 5) is 23.7. The highest BCUT2D eigenvalue weighted by Gasteiger charge is 2.17. The van der Waals surface area contributed by atoms with Crippen LogP contribution in [0.3, 0.4) is 0 Å². The Morgan fingerprint density at radius 2 is 2.03 bits per heavy atom. The van der Waals surface area contributed by atoms with Gasteiger partial charge in [0.2, 0.25) is 0 Å². The van der Waals surface area contributed by atoms with E-state index in [1.165, 1.54) is 23.9 Å². The molecular formula is C19H19FN4O4S. The zero-order valence-corrected chi connectivity index (χ0v) is 16.4. The van der Waals surface area contributed by atoms with Gasteiger partial charge in [-0.25, -0.2) is 4.39 Å². The fraction of sp³-hybridized carbons (Fsp3) is 0.263. The maximum Gasteiger partial charge on any atom is 0.316 e. The van der Waals surface area contributed by atoms with Crippen molar-refractivity contribution < 1.29 is 23.1 Å². The number of nitrogens with one attached hydrogen (secondary N) is 1. The normalized spacial score (nSPS) is 10.7. The molecule has 0 saturated heterocycles. The van der Waals surface area contributed by atoms with Crippen molar-refractivity contribution in [2.45, 2.75) is 25.2 Å². The summed E-state index contributed by atoms with van der Waals surface area (Å²) >= 11 is 1.17. The molecule has 3 rings (SSSR count). The van der Waals surface area contributed by atoms with Crippen LogP contribution in [0.4, 0.5) is 4.39 Å². The predicted octanol–water partition coefficient (Wildman–Crippen LogP) is 2.65. The second kappa shape index (κ2) is 9.87. The lowest BCUT2D eigenvalue weighted by Gasteiger charge is -2.07. The van der Waals surface area contributed by atoms with E-state index < -0.39 is 18.5 Å². The van der Waals surface area contributed by atoms with E-state index in [9.17, 15) is 14.0 Å². The molecule has 10 heteroatoms. The predicted molar refractivity (Wildman–Crippen MR) is 103 cm³/mol. The van der Waals surface area contributed by atoms with Crippen LogP contribution in [-0.2, 0) is 27.4 Å². The van der Waals surface area contributed by atoms with Gasteiger partial charge in [-0.2, -0.15) is 0 Å². The molecular weight excluding hydrogens is 399 g/mol. The van der Waals surface area contributed by atoms with Gasteiger partial charge in [0.15, 0.2) is 23.3 Å². The molecule has 8 nitrogen and oxygen atoms in total. The molecule has 0 aliphatic heterocycles. The van der Waals surface area contributed by atoms with E-state index in [2.05, 4.69) is 15.5 Å². The average Bonchev–Trinajstić information content (AvgIpc) is 3.39. The molecule has 0 aliphatic rings. The van der Waals surface area contributed by atoms with Crippen LogP contribution in [0.2, 0.25) is 0 Å². The molecule has 29 heavy (non-hydrogen) atoms. The SMILES string of the molecule is CCn1c(SCC(=O)OCC(=O)NCc2ccc(F)cc2)nnc1-c1ccco1. The van der Waals surface area contributed by atoms with E-state index in [4.69, 9.17) is 9.15 Å². The molecule has 1 aromatic carbocycles. The van der Waals surface area contributed by atoms with Crippen molar-refractivity contribution >= 4 is 23.6 Å². The second-order valence-corrected chi connectivity index (χ2v) is 6.82. The highest BCUT2D eigenvalue weighted by atomic mass is 32.2. The summed E-state index contributed by atoms with van der Waals surface area (Å²) in [6.45, 7) is 2.37. The van der Waals surface area contributed by atoms with Crippen LogP contribution < -0.4 is 5.32 Å². The Balaban J connectivity index is 1.43. The number of nitrogens with zero attached hydrogens (tertiary/aromatic N) is 3. The molecule has 2 aromatic heterocycles. The first-order valence-electron chi connectivity index (χ1n) is 8.83. The largest absolute Gasteiger partial charge is 0.461 e. The molecule has 1 N–H and O–H groups in total. The summed E-state index contributed by atoms with van der Waals surface area (Å²) in [5, 5.41) is 11.3. The third-order valence-electron chi connectivity index (χ3n) is 3.86. The van der Waals surface area contributed by atoms with Gasteiger partial charge in [-0.1, -0.05) is 23.9 Å². The first kappa shape index (κ1) is 20.6. The summed E-state index contributed by atoms with van der Waals surface area (Å²) in [6, 6.07) is 9.30. The van der Waals surface area contributed by atoms with Crippen LogP contribution in [0, 0.1) is 5.82 Å². The summed E-state index contributed by atoms with van der Waals surface area (Å²) < 4.78 is 25.0. The Kier molecular flexibility index (Phi) is 7.01. The number of halogens is 1. The Hall–Kier alpha value is -3.14. The smallest absolute Gasteiger partial charge is 0.316 e. The van der Waals surface area contributed by atoms with E-state index in [0.29, 0.717) is 23.3 Å². The van der Waals surface area contributed by atoms with E-state index >= 15 is 0 Å². The zero-order chi connectivity index (χ0) is 20.6. The molecule has 2 heterocycles. The minimum absolute atomic E-state index is 0.0124. The number of hydrogen-bond acceptors (Lipinski definition) is 7. The topological polar surface area (TPSA) is 99.2 Å². The van der Waals surface area contributed by atoms with Crippen molar-refractivity contribution in [3.8, 4) is 11.6 Å². The van der Waals surface area contributed by atoms with Gasteiger partial charge in [-0.05, 0) is 36.8 Å². The third kappa shape index (κ3) is 5.67. The molecule has 3 aromatic rings. The fourth-order valence-electron chi connectivity index (χ4n) is 2.43. The average molecular weight is 418 g/mol. The monoisotopic (exact) mass is 418 g/mol. The number of rotatable bonds is 9. The molecule has 0 aliphatic carbocycles. The molecule has 0 radical (unpaired) electrons. The molecule has 0 atom stereocenters. The molecule has 0 bridgehead atoms. The van der Waals surface area contributed by atoms with E-state index in [1.54, 1.807) is 30.5 Å². The zero-order valence-electron chi connectivity index (χ0n) is 15.6. The number of furan rings is 1. The number of aromatic nitrogens is 3. The van der Waals surface area contributed by atoms with Crippen LogP contribution in [0.15, 0.2) is 52.2 Å². The van der Waals surface area contributed by atoms with Crippen molar-refractivity contribution in [1.82, 2.24) is 20.1 Å². The Morgan fingerprint density at radius 3 is 2.72 bits per heavy atom. The number of carbonyl (C=O) groups is 2. The lowest BCUT2D eigenvalue weighted by atomic mass is 10.2. The second-order valence-electron chi connectivity index (χ2n) is 5.88. The van der Waals surface area contributed by atoms with Crippen molar-refractivity contribution in [2.75, 3.05) is 12.4 Å². The van der Waals surface area contributed by atoms with E-state index in [0.717, 1.165) is 5.56 Å². The quantitative estimate of drug-likeness (QED) is 0.421. The van der Waals surface area contributed by atoms with Gasteiger partial charge < -0.3 is 14.5 Å². The van der Waals surface area contributed by atoms with Gasteiger partial charge in [-0.3, -0.25) is 14.2 Å². The summed E-state index contributed by atoms with van der Waals surface area (Å²) in [5.74, 6) is -0.176. The highest BCUT2D eigenvalue weighted by Crippen LogP contribution is 2.24. The van der Waals surface area contributed by atoms with Crippen LogP contribution in [0.1, 0.15) is 12.5 Å². The van der Waals surface area contributed by atoms with E-state index in [-0.39, 0.29) is 18.1 Å². The molecule has 1 amide bonds. The maximum atomic E-state index is 12.8. The van der Waals surface area contributed by atoms with Gasteiger partial charge in [0, 0.05) is 13.1 Å². The number of ether oxygens (including phenoxy) is 1. The van der Waals surface area contributed by atoms with Crippen LogP contribution in [-0.4, -0.2) is 39.0 Å². The van der Waals surface area contributed by atoms with Gasteiger partial charge >= 0.3 is 5.97 Å². The molecule has 0 spiro atoms. The first-order chi connectivity index (χ1) is 14.1. The number of benzene rings is 1. The van der Waals surface area contributed by atoms with Gasteiger partial charge in [0.1, 0.15) is 5.82 Å². The number of carbonyl (C=O) groups excluding carboxylic acids is 2. The van der Waals surface area contributed by atoms with Crippen molar-refractivity contribution in [3.05, 3.63) is 54.0 Å².